The lowest BCUT2D eigenvalue weighted by Gasteiger charge is -2.56. The number of fused-ring (bicyclic) bond motifs is 3. The number of nitrogens with one attached hydrogen (secondary N) is 1. The summed E-state index contributed by atoms with van der Waals surface area (Å²) in [4.78, 5) is 51.3. The summed E-state index contributed by atoms with van der Waals surface area (Å²) in [6.07, 6.45) is 5.00. The molecule has 6 heterocycles. The zero-order chi connectivity index (χ0) is 30.0. The van der Waals surface area contributed by atoms with E-state index >= 15 is 4.39 Å². The fraction of sp³-hybridized carbons (Fsp3) is 0.296. The highest BCUT2D eigenvalue weighted by atomic mass is 35.5. The van der Waals surface area contributed by atoms with Crippen LogP contribution >= 0.6 is 11.6 Å². The van der Waals surface area contributed by atoms with E-state index in [2.05, 4.69) is 32.1 Å². The number of nitrogens with zero attached hydrogens (tertiary/aromatic N) is 6. The Hall–Kier alpha value is -4.56. The van der Waals surface area contributed by atoms with Gasteiger partial charge in [-0.3, -0.25) is 14.4 Å². The molecule has 4 aromatic rings. The fourth-order valence-corrected chi connectivity index (χ4v) is 5.94. The summed E-state index contributed by atoms with van der Waals surface area (Å²) >= 11 is 6.35. The number of hydrogen-bond acceptors (Lipinski definition) is 8. The van der Waals surface area contributed by atoms with Gasteiger partial charge in [0.15, 0.2) is 11.6 Å². The molecule has 2 unspecified atom stereocenters. The number of halogens is 3. The Morgan fingerprint density at radius 3 is 2.55 bits per heavy atom. The number of nitrogens with two attached hydrogens (primary N) is 1. The highest BCUT2D eigenvalue weighted by molar-refractivity contribution is 6.33. The molecular formula is C27H25ClF2N8O4. The summed E-state index contributed by atoms with van der Waals surface area (Å²) in [6, 6.07) is 3.20. The molecule has 3 aromatic heterocycles. The van der Waals surface area contributed by atoms with Gasteiger partial charge in [0.05, 0.1) is 34.2 Å². The molecule has 3 aliphatic rings. The standard InChI is InChI=1S/C27H25ClF2N8O4/c1-35-7-12-3-13(8-35)38(12)19-5-18(17(28)6-32-19)34-20(39)10-37-9-16(21-26(37)33-11-36(2)27(21)42)14-4-15(25(31)41)24(40)23(30)22(14)29/h4-6,9,11-13,40H,3,7-8,10H2,1-2H3,(H2,31,41)(H,32,34,39). The van der Waals surface area contributed by atoms with Gasteiger partial charge in [-0.05, 0) is 19.5 Å². The molecule has 4 N–H and O–H groups in total. The van der Waals surface area contributed by atoms with E-state index in [1.54, 1.807) is 6.07 Å². The third kappa shape index (κ3) is 4.43. The first-order valence-electron chi connectivity index (χ1n) is 12.9. The molecule has 3 aliphatic heterocycles. The van der Waals surface area contributed by atoms with Crippen LogP contribution in [0.25, 0.3) is 22.2 Å². The highest BCUT2D eigenvalue weighted by Gasteiger charge is 2.44. The van der Waals surface area contributed by atoms with Crippen LogP contribution in [-0.4, -0.2) is 73.1 Å². The van der Waals surface area contributed by atoms with Gasteiger partial charge in [0.1, 0.15) is 18.0 Å². The summed E-state index contributed by atoms with van der Waals surface area (Å²) in [6.45, 7) is 1.43. The largest absolute Gasteiger partial charge is 0.504 e. The second-order valence-electron chi connectivity index (χ2n) is 10.6. The molecule has 0 aliphatic carbocycles. The summed E-state index contributed by atoms with van der Waals surface area (Å²) in [5.41, 5.74) is 3.63. The van der Waals surface area contributed by atoms with Crippen molar-refractivity contribution in [1.82, 2.24) is 24.0 Å². The molecule has 0 saturated carbocycles. The van der Waals surface area contributed by atoms with E-state index in [-0.39, 0.29) is 28.2 Å². The number of piperidine rings is 1. The first-order chi connectivity index (χ1) is 19.9. The average molecular weight is 599 g/mol. The molecule has 2 atom stereocenters. The predicted octanol–water partition coefficient (Wildman–Crippen LogP) is 2.06. The number of aromatic hydroxyl groups is 1. The summed E-state index contributed by atoms with van der Waals surface area (Å²) in [5.74, 6) is -5.52. The number of anilines is 2. The van der Waals surface area contributed by atoms with Crippen molar-refractivity contribution in [3.8, 4) is 16.9 Å². The van der Waals surface area contributed by atoms with Crippen LogP contribution in [0.5, 0.6) is 5.75 Å². The smallest absolute Gasteiger partial charge is 0.263 e. The highest BCUT2D eigenvalue weighted by Crippen LogP contribution is 2.38. The number of phenols is 1. The molecule has 0 radical (unpaired) electrons. The Bertz CT molecular complexity index is 1850. The van der Waals surface area contributed by atoms with Crippen LogP contribution in [0.3, 0.4) is 0 Å². The van der Waals surface area contributed by atoms with Crippen molar-refractivity contribution >= 4 is 46.0 Å². The second kappa shape index (κ2) is 10.1. The third-order valence-corrected chi connectivity index (χ3v) is 8.04. The maximum Gasteiger partial charge on any atom is 0.263 e. The number of rotatable bonds is 6. The van der Waals surface area contributed by atoms with Gasteiger partial charge in [-0.15, -0.1) is 0 Å². The van der Waals surface area contributed by atoms with Crippen molar-refractivity contribution in [2.75, 3.05) is 30.4 Å². The van der Waals surface area contributed by atoms with Crippen molar-refractivity contribution < 1.29 is 23.5 Å². The summed E-state index contributed by atoms with van der Waals surface area (Å²) < 4.78 is 32.0. The van der Waals surface area contributed by atoms with Gasteiger partial charge in [0.25, 0.3) is 11.5 Å². The average Bonchev–Trinajstić information content (AvgIpc) is 3.29. The lowest BCUT2D eigenvalue weighted by molar-refractivity contribution is -0.116. The monoisotopic (exact) mass is 598 g/mol. The van der Waals surface area contributed by atoms with Crippen LogP contribution in [0.1, 0.15) is 16.8 Å². The first-order valence-corrected chi connectivity index (χ1v) is 13.3. The maximum absolute atomic E-state index is 15.1. The van der Waals surface area contributed by atoms with Crippen molar-refractivity contribution in [3.05, 3.63) is 63.4 Å². The lowest BCUT2D eigenvalue weighted by Crippen LogP contribution is -2.68. The van der Waals surface area contributed by atoms with E-state index < -0.39 is 45.9 Å². The Morgan fingerprint density at radius 2 is 1.86 bits per heavy atom. The number of piperazine rings is 1. The van der Waals surface area contributed by atoms with Crippen LogP contribution in [-0.2, 0) is 18.4 Å². The molecule has 1 aromatic carbocycles. The van der Waals surface area contributed by atoms with Crippen LogP contribution in [0.2, 0.25) is 5.02 Å². The number of primary amides is 1. The number of aryl methyl sites for hydroxylation is 1. The number of likely N-dealkylation sites (N-methyl/N-ethyl adjacent to an activating group) is 1. The maximum atomic E-state index is 15.1. The van der Waals surface area contributed by atoms with Gasteiger partial charge in [-0.25, -0.2) is 14.4 Å². The SMILES string of the molecule is CN1CC2CC(C1)N2c1cc(NC(=O)Cn2cc(-c3cc(C(N)=O)c(O)c(F)c3F)c3c(=O)n(C)cnc32)c(Cl)cn1. The minimum absolute atomic E-state index is 0.01000. The molecule has 15 heteroatoms. The summed E-state index contributed by atoms with van der Waals surface area (Å²) in [5, 5.41) is 12.7. The molecule has 2 bridgehead atoms. The van der Waals surface area contributed by atoms with Crippen molar-refractivity contribution in [2.24, 2.45) is 12.8 Å². The zero-order valence-electron chi connectivity index (χ0n) is 22.4. The van der Waals surface area contributed by atoms with Crippen molar-refractivity contribution in [1.29, 1.82) is 0 Å². The summed E-state index contributed by atoms with van der Waals surface area (Å²) in [7, 11) is 3.49. The number of carbonyl (C=O) groups is 2. The Kier molecular flexibility index (Phi) is 6.61. The van der Waals surface area contributed by atoms with Gasteiger partial charge in [0, 0.05) is 55.6 Å². The molecule has 0 spiro atoms. The third-order valence-electron chi connectivity index (χ3n) is 7.74. The molecule has 3 fully saturated rings. The van der Waals surface area contributed by atoms with E-state index in [9.17, 15) is 23.9 Å². The first kappa shape index (κ1) is 27.6. The molecule has 2 amide bonds. The lowest BCUT2D eigenvalue weighted by atomic mass is 9.87. The van der Waals surface area contributed by atoms with E-state index in [1.807, 2.05) is 0 Å². The van der Waals surface area contributed by atoms with Crippen molar-refractivity contribution in [3.63, 3.8) is 0 Å². The fourth-order valence-electron chi connectivity index (χ4n) is 5.79. The van der Waals surface area contributed by atoms with Gasteiger partial charge in [0.2, 0.25) is 11.7 Å². The number of pyridine rings is 1. The van der Waals surface area contributed by atoms with Crippen LogP contribution < -0.4 is 21.5 Å². The minimum Gasteiger partial charge on any atom is -0.504 e. The number of benzene rings is 1. The Balaban J connectivity index is 1.35. The van der Waals surface area contributed by atoms with Gasteiger partial charge >= 0.3 is 0 Å². The molecule has 7 rings (SSSR count). The van der Waals surface area contributed by atoms with Gasteiger partial charge in [-0.2, -0.15) is 4.39 Å². The minimum atomic E-state index is -1.71. The molecule has 42 heavy (non-hydrogen) atoms. The van der Waals surface area contributed by atoms with Crippen LogP contribution in [0.15, 0.2) is 35.6 Å². The topological polar surface area (TPSA) is 152 Å². The van der Waals surface area contributed by atoms with E-state index in [4.69, 9.17) is 17.3 Å². The number of carbonyl (C=O) groups excluding carboxylic acids is 2. The quantitative estimate of drug-likeness (QED) is 0.305. The predicted molar refractivity (Wildman–Crippen MR) is 151 cm³/mol. The zero-order valence-corrected chi connectivity index (χ0v) is 23.2. The van der Waals surface area contributed by atoms with Gasteiger partial charge < -0.3 is 35.1 Å². The molecule has 12 nitrogen and oxygen atoms in total. The second-order valence-corrected chi connectivity index (χ2v) is 11.0. The number of amides is 2. The van der Waals surface area contributed by atoms with Crippen LogP contribution in [0.4, 0.5) is 20.3 Å². The molecular weight excluding hydrogens is 574 g/mol. The molecule has 218 valence electrons. The van der Waals surface area contributed by atoms with E-state index in [0.29, 0.717) is 23.6 Å². The van der Waals surface area contributed by atoms with Crippen molar-refractivity contribution in [2.45, 2.75) is 25.0 Å². The Labute approximate surface area is 241 Å². The van der Waals surface area contributed by atoms with Gasteiger partial charge in [-0.1, -0.05) is 11.6 Å². The normalized spacial score (nSPS) is 18.3. The number of hydrogen-bond donors (Lipinski definition) is 3. The van der Waals surface area contributed by atoms with Crippen LogP contribution in [0, 0.1) is 11.6 Å². The van der Waals surface area contributed by atoms with E-state index in [1.165, 1.54) is 30.3 Å². The van der Waals surface area contributed by atoms with E-state index in [0.717, 1.165) is 30.1 Å². The number of aromatic nitrogens is 4. The Morgan fingerprint density at radius 1 is 1.14 bits per heavy atom. The molecule has 3 saturated heterocycles.